The Hall–Kier alpha value is -2.57. The molecule has 3 nitrogen and oxygen atoms in total. The first-order valence-electron chi connectivity index (χ1n) is 8.05. The average Bonchev–Trinajstić information content (AvgIpc) is 2.63. The quantitative estimate of drug-likeness (QED) is 0.696. The van der Waals surface area contributed by atoms with Crippen LogP contribution >= 0.6 is 11.6 Å². The number of aromatic nitrogens is 1. The van der Waals surface area contributed by atoms with Crippen LogP contribution in [0.25, 0.3) is 11.3 Å². The zero-order valence-electron chi connectivity index (χ0n) is 14.0. The van der Waals surface area contributed by atoms with Gasteiger partial charge in [-0.3, -0.25) is 4.79 Å². The maximum absolute atomic E-state index is 13.2. The Morgan fingerprint density at radius 3 is 2.41 bits per heavy atom. The molecular weight excluding hydrogens is 379 g/mol. The number of halogens is 4. The number of aliphatic hydroxyl groups excluding tert-OH is 1. The van der Waals surface area contributed by atoms with E-state index in [0.717, 1.165) is 11.6 Å². The molecule has 0 aliphatic heterocycles. The Morgan fingerprint density at radius 2 is 1.70 bits per heavy atom. The predicted octanol–water partition coefficient (Wildman–Crippen LogP) is 4.73. The minimum absolute atomic E-state index is 0.121. The lowest BCUT2D eigenvalue weighted by molar-refractivity contribution is -0.137. The minimum atomic E-state index is -4.59. The molecule has 0 aliphatic carbocycles. The highest BCUT2D eigenvalue weighted by molar-refractivity contribution is 6.34. The van der Waals surface area contributed by atoms with Gasteiger partial charge in [0.2, 0.25) is 0 Å². The van der Waals surface area contributed by atoms with Crippen LogP contribution in [0.3, 0.4) is 0 Å². The van der Waals surface area contributed by atoms with Crippen molar-refractivity contribution in [3.63, 3.8) is 0 Å². The van der Waals surface area contributed by atoms with Crippen LogP contribution in [0.1, 0.15) is 16.7 Å². The SMILES string of the molecule is O=c1ccn(Cc2cccc(CO)c2)c(-c2cccc(C(F)(F)F)c2Cl)c1. The van der Waals surface area contributed by atoms with Gasteiger partial charge in [-0.1, -0.05) is 48.0 Å². The number of aliphatic hydroxyl groups is 1. The molecule has 1 aromatic heterocycles. The third kappa shape index (κ3) is 4.23. The van der Waals surface area contributed by atoms with Crippen molar-refractivity contribution in [1.29, 1.82) is 0 Å². The third-order valence-electron chi connectivity index (χ3n) is 4.11. The minimum Gasteiger partial charge on any atom is -0.392 e. The molecule has 3 aromatic rings. The van der Waals surface area contributed by atoms with E-state index in [1.807, 2.05) is 6.07 Å². The Balaban J connectivity index is 2.12. The number of hydrogen-bond acceptors (Lipinski definition) is 2. The summed E-state index contributed by atoms with van der Waals surface area (Å²) in [7, 11) is 0. The van der Waals surface area contributed by atoms with E-state index in [0.29, 0.717) is 12.1 Å². The van der Waals surface area contributed by atoms with Crippen molar-refractivity contribution in [3.05, 3.63) is 92.7 Å². The van der Waals surface area contributed by atoms with Crippen LogP contribution in [0.5, 0.6) is 0 Å². The van der Waals surface area contributed by atoms with E-state index >= 15 is 0 Å². The van der Waals surface area contributed by atoms with E-state index in [-0.39, 0.29) is 23.3 Å². The van der Waals surface area contributed by atoms with Gasteiger partial charge in [-0.2, -0.15) is 13.2 Å². The molecule has 27 heavy (non-hydrogen) atoms. The topological polar surface area (TPSA) is 42.2 Å². The second-order valence-corrected chi connectivity index (χ2v) is 6.40. The first kappa shape index (κ1) is 19.2. The molecule has 0 spiro atoms. The smallest absolute Gasteiger partial charge is 0.392 e. The molecule has 0 amide bonds. The van der Waals surface area contributed by atoms with Crippen molar-refractivity contribution < 1.29 is 18.3 Å². The molecule has 3 rings (SSSR count). The first-order valence-corrected chi connectivity index (χ1v) is 8.42. The van der Waals surface area contributed by atoms with Crippen LogP contribution in [0, 0.1) is 0 Å². The lowest BCUT2D eigenvalue weighted by Gasteiger charge is -2.17. The van der Waals surface area contributed by atoms with Crippen LogP contribution in [-0.2, 0) is 19.3 Å². The number of alkyl halides is 3. The van der Waals surface area contributed by atoms with Crippen LogP contribution in [-0.4, -0.2) is 9.67 Å². The normalized spacial score (nSPS) is 11.6. The molecule has 1 N–H and O–H groups in total. The van der Waals surface area contributed by atoms with E-state index in [2.05, 4.69) is 0 Å². The van der Waals surface area contributed by atoms with Crippen molar-refractivity contribution in [2.45, 2.75) is 19.3 Å². The summed E-state index contributed by atoms with van der Waals surface area (Å²) in [4.78, 5) is 11.9. The number of rotatable bonds is 4. The van der Waals surface area contributed by atoms with E-state index < -0.39 is 16.8 Å². The molecule has 0 bridgehead atoms. The first-order chi connectivity index (χ1) is 12.8. The summed E-state index contributed by atoms with van der Waals surface area (Å²) in [6.45, 7) is 0.181. The summed E-state index contributed by atoms with van der Waals surface area (Å²) >= 11 is 6.03. The highest BCUT2D eigenvalue weighted by Crippen LogP contribution is 2.39. The molecule has 1 heterocycles. The fourth-order valence-corrected chi connectivity index (χ4v) is 3.18. The molecule has 7 heteroatoms. The van der Waals surface area contributed by atoms with Gasteiger partial charge in [0.15, 0.2) is 5.43 Å². The predicted molar refractivity (Wildman–Crippen MR) is 97.6 cm³/mol. The van der Waals surface area contributed by atoms with Gasteiger partial charge in [-0.15, -0.1) is 0 Å². The highest BCUT2D eigenvalue weighted by atomic mass is 35.5. The standard InChI is InChI=1S/C20H15ClF3NO2/c21-19-16(5-2-6-17(19)20(22,23)24)18-10-15(27)7-8-25(18)11-13-3-1-4-14(9-13)12-26/h1-10,26H,11-12H2. The van der Waals surface area contributed by atoms with Gasteiger partial charge in [0.1, 0.15) is 0 Å². The lowest BCUT2D eigenvalue weighted by atomic mass is 10.1. The Morgan fingerprint density at radius 1 is 1.00 bits per heavy atom. The van der Waals surface area contributed by atoms with Gasteiger partial charge in [-0.25, -0.2) is 0 Å². The molecule has 0 saturated heterocycles. The molecule has 0 unspecified atom stereocenters. The Bertz CT molecular complexity index is 1030. The zero-order chi connectivity index (χ0) is 19.6. The van der Waals surface area contributed by atoms with Crippen LogP contribution in [0.2, 0.25) is 5.02 Å². The van der Waals surface area contributed by atoms with Gasteiger partial charge in [0.25, 0.3) is 0 Å². The lowest BCUT2D eigenvalue weighted by Crippen LogP contribution is -2.11. The summed E-state index contributed by atoms with van der Waals surface area (Å²) < 4.78 is 41.2. The Kier molecular flexibility index (Phi) is 5.39. The molecule has 0 atom stereocenters. The van der Waals surface area contributed by atoms with Crippen LogP contribution in [0.4, 0.5) is 13.2 Å². The van der Waals surface area contributed by atoms with E-state index in [9.17, 15) is 23.1 Å². The van der Waals surface area contributed by atoms with Crippen LogP contribution < -0.4 is 5.43 Å². The highest BCUT2D eigenvalue weighted by Gasteiger charge is 2.34. The van der Waals surface area contributed by atoms with E-state index in [4.69, 9.17) is 11.6 Å². The maximum atomic E-state index is 13.2. The second kappa shape index (κ2) is 7.58. The number of pyridine rings is 1. The van der Waals surface area contributed by atoms with Crippen molar-refractivity contribution in [2.75, 3.05) is 0 Å². The van der Waals surface area contributed by atoms with E-state index in [1.165, 1.54) is 30.5 Å². The van der Waals surface area contributed by atoms with E-state index in [1.54, 1.807) is 22.8 Å². The van der Waals surface area contributed by atoms with Crippen molar-refractivity contribution in [2.24, 2.45) is 0 Å². The molecule has 0 saturated carbocycles. The summed E-state index contributed by atoms with van der Waals surface area (Å²) in [6.07, 6.45) is -3.08. The van der Waals surface area contributed by atoms with Gasteiger partial charge < -0.3 is 9.67 Å². The van der Waals surface area contributed by atoms with Gasteiger partial charge in [0.05, 0.1) is 22.9 Å². The van der Waals surface area contributed by atoms with Crippen LogP contribution in [0.15, 0.2) is 65.6 Å². The molecule has 0 fully saturated rings. The monoisotopic (exact) mass is 393 g/mol. The average molecular weight is 394 g/mol. The summed E-state index contributed by atoms with van der Waals surface area (Å²) in [5.41, 5.74) is 0.669. The third-order valence-corrected chi connectivity index (χ3v) is 4.52. The largest absolute Gasteiger partial charge is 0.417 e. The summed E-state index contributed by atoms with van der Waals surface area (Å²) in [5.74, 6) is 0. The molecular formula is C20H15ClF3NO2. The summed E-state index contributed by atoms with van der Waals surface area (Å²) in [6, 6.07) is 13.4. The molecule has 0 aliphatic rings. The number of benzene rings is 2. The summed E-state index contributed by atoms with van der Waals surface area (Å²) in [5, 5.41) is 8.82. The van der Waals surface area contributed by atoms with Gasteiger partial charge >= 0.3 is 6.18 Å². The van der Waals surface area contributed by atoms with Crippen molar-refractivity contribution >= 4 is 11.6 Å². The number of hydrogen-bond donors (Lipinski definition) is 1. The van der Waals surface area contributed by atoms with Gasteiger partial charge in [-0.05, 0) is 17.2 Å². The fourth-order valence-electron chi connectivity index (χ4n) is 2.85. The molecule has 140 valence electrons. The maximum Gasteiger partial charge on any atom is 0.417 e. The fraction of sp³-hybridized carbons (Fsp3) is 0.150. The van der Waals surface area contributed by atoms with Gasteiger partial charge in [0, 0.05) is 30.4 Å². The molecule has 2 aromatic carbocycles. The molecule has 0 radical (unpaired) electrons. The Labute approximate surface area is 158 Å². The van der Waals surface area contributed by atoms with Crippen molar-refractivity contribution in [1.82, 2.24) is 4.57 Å². The number of nitrogens with zero attached hydrogens (tertiary/aromatic N) is 1. The zero-order valence-corrected chi connectivity index (χ0v) is 14.8. The second-order valence-electron chi connectivity index (χ2n) is 6.02. The van der Waals surface area contributed by atoms with Crippen molar-refractivity contribution in [3.8, 4) is 11.3 Å².